The largest absolute Gasteiger partial charge is 0.459 e. The van der Waals surface area contributed by atoms with Crippen LogP contribution in [-0.2, 0) is 9.59 Å². The quantitative estimate of drug-likeness (QED) is 0.757. The van der Waals surface area contributed by atoms with Crippen LogP contribution >= 0.6 is 0 Å². The molecule has 156 valence electrons. The number of rotatable bonds is 6. The third kappa shape index (κ3) is 6.67. The standard InChI is InChI=1S/C20H32N4O4/c1-14-8-11-28-18(14)19(27)21-15-6-9-24(10-7-15)13-17(26)23(5)12-16(25)22-20(2,3)4/h8,11,15H,6-7,9-10,12-13H2,1-5H3,(H,21,27)(H,22,25). The number of carbonyl (C=O) groups excluding carboxylic acids is 3. The number of amides is 3. The van der Waals surface area contributed by atoms with E-state index in [0.29, 0.717) is 5.76 Å². The van der Waals surface area contributed by atoms with Gasteiger partial charge in [0.15, 0.2) is 5.76 Å². The molecule has 0 aliphatic carbocycles. The highest BCUT2D eigenvalue weighted by Crippen LogP contribution is 2.13. The molecule has 1 saturated heterocycles. The molecule has 0 saturated carbocycles. The molecule has 0 atom stereocenters. The average molecular weight is 393 g/mol. The highest BCUT2D eigenvalue weighted by atomic mass is 16.3. The van der Waals surface area contributed by atoms with Gasteiger partial charge < -0.3 is 20.0 Å². The fraction of sp³-hybridized carbons (Fsp3) is 0.650. The minimum atomic E-state index is -0.318. The van der Waals surface area contributed by atoms with Crippen LogP contribution in [0, 0.1) is 6.92 Å². The van der Waals surface area contributed by atoms with Crippen LogP contribution in [0.15, 0.2) is 16.7 Å². The van der Waals surface area contributed by atoms with Crippen molar-refractivity contribution in [2.75, 3.05) is 33.2 Å². The number of nitrogens with zero attached hydrogens (tertiary/aromatic N) is 2. The lowest BCUT2D eigenvalue weighted by molar-refractivity contribution is -0.136. The molecule has 0 aromatic carbocycles. The van der Waals surface area contributed by atoms with Gasteiger partial charge in [0, 0.05) is 37.3 Å². The lowest BCUT2D eigenvalue weighted by Gasteiger charge is -2.32. The number of hydrogen-bond donors (Lipinski definition) is 2. The Kier molecular flexibility index (Phi) is 7.23. The highest BCUT2D eigenvalue weighted by molar-refractivity contribution is 5.93. The van der Waals surface area contributed by atoms with Crippen LogP contribution in [0.2, 0.25) is 0 Å². The lowest BCUT2D eigenvalue weighted by atomic mass is 10.0. The Morgan fingerprint density at radius 2 is 1.89 bits per heavy atom. The number of likely N-dealkylation sites (N-methyl/N-ethyl adjacent to an activating group) is 1. The van der Waals surface area contributed by atoms with Gasteiger partial charge in [-0.05, 0) is 46.6 Å². The number of hydrogen-bond acceptors (Lipinski definition) is 5. The maximum absolute atomic E-state index is 12.4. The van der Waals surface area contributed by atoms with Crippen LogP contribution in [0.1, 0.15) is 49.7 Å². The van der Waals surface area contributed by atoms with Crippen molar-refractivity contribution in [1.82, 2.24) is 20.4 Å². The first-order chi connectivity index (χ1) is 13.0. The van der Waals surface area contributed by atoms with Crippen molar-refractivity contribution >= 4 is 17.7 Å². The van der Waals surface area contributed by atoms with E-state index in [4.69, 9.17) is 4.42 Å². The first-order valence-electron chi connectivity index (χ1n) is 9.67. The Bertz CT molecular complexity index is 699. The summed E-state index contributed by atoms with van der Waals surface area (Å²) < 4.78 is 5.22. The van der Waals surface area contributed by atoms with Gasteiger partial charge in [-0.1, -0.05) is 0 Å². The predicted molar refractivity (Wildman–Crippen MR) is 106 cm³/mol. The number of piperidine rings is 1. The first kappa shape index (κ1) is 21.9. The van der Waals surface area contributed by atoms with Crippen molar-refractivity contribution in [2.24, 2.45) is 0 Å². The van der Waals surface area contributed by atoms with Gasteiger partial charge in [-0.2, -0.15) is 0 Å². The lowest BCUT2D eigenvalue weighted by Crippen LogP contribution is -2.50. The summed E-state index contributed by atoms with van der Waals surface area (Å²) in [7, 11) is 1.64. The molecule has 2 N–H and O–H groups in total. The summed E-state index contributed by atoms with van der Waals surface area (Å²) in [5.41, 5.74) is 0.501. The van der Waals surface area contributed by atoms with Gasteiger partial charge in [-0.25, -0.2) is 0 Å². The second-order valence-electron chi connectivity index (χ2n) is 8.50. The average Bonchev–Trinajstić information content (AvgIpc) is 3.01. The molecular weight excluding hydrogens is 360 g/mol. The van der Waals surface area contributed by atoms with E-state index in [1.165, 1.54) is 11.2 Å². The van der Waals surface area contributed by atoms with Crippen molar-refractivity contribution < 1.29 is 18.8 Å². The van der Waals surface area contributed by atoms with E-state index < -0.39 is 0 Å². The Morgan fingerprint density at radius 1 is 1.25 bits per heavy atom. The summed E-state index contributed by atoms with van der Waals surface area (Å²) in [6.45, 7) is 9.31. The van der Waals surface area contributed by atoms with Gasteiger partial charge in [0.2, 0.25) is 11.8 Å². The molecule has 8 nitrogen and oxygen atoms in total. The van der Waals surface area contributed by atoms with Gasteiger partial charge in [0.25, 0.3) is 5.91 Å². The van der Waals surface area contributed by atoms with Gasteiger partial charge in [0.1, 0.15) is 0 Å². The van der Waals surface area contributed by atoms with Gasteiger partial charge >= 0.3 is 0 Å². The zero-order chi connectivity index (χ0) is 20.9. The smallest absolute Gasteiger partial charge is 0.287 e. The Balaban J connectivity index is 1.73. The molecule has 0 spiro atoms. The molecular formula is C20H32N4O4. The van der Waals surface area contributed by atoms with Crippen molar-refractivity contribution in [3.05, 3.63) is 23.7 Å². The topological polar surface area (TPSA) is 94.9 Å². The van der Waals surface area contributed by atoms with E-state index in [2.05, 4.69) is 15.5 Å². The van der Waals surface area contributed by atoms with Crippen LogP contribution in [0.25, 0.3) is 0 Å². The van der Waals surface area contributed by atoms with Gasteiger partial charge in [-0.15, -0.1) is 0 Å². The molecule has 2 rings (SSSR count). The van der Waals surface area contributed by atoms with E-state index in [-0.39, 0.29) is 42.4 Å². The summed E-state index contributed by atoms with van der Waals surface area (Å²) in [6, 6.07) is 1.83. The van der Waals surface area contributed by atoms with E-state index >= 15 is 0 Å². The van der Waals surface area contributed by atoms with E-state index in [1.54, 1.807) is 13.1 Å². The second-order valence-corrected chi connectivity index (χ2v) is 8.50. The molecule has 1 aliphatic heterocycles. The van der Waals surface area contributed by atoms with Crippen LogP contribution < -0.4 is 10.6 Å². The Hall–Kier alpha value is -2.35. The third-order valence-electron chi connectivity index (χ3n) is 4.67. The number of aryl methyl sites for hydroxylation is 1. The number of likely N-dealkylation sites (tertiary alicyclic amines) is 1. The second kappa shape index (κ2) is 9.23. The van der Waals surface area contributed by atoms with Crippen molar-refractivity contribution in [3.63, 3.8) is 0 Å². The molecule has 1 aromatic heterocycles. The molecule has 0 radical (unpaired) electrons. The van der Waals surface area contributed by atoms with E-state index in [1.807, 2.05) is 27.7 Å². The fourth-order valence-corrected chi connectivity index (χ4v) is 3.17. The molecule has 1 fully saturated rings. The van der Waals surface area contributed by atoms with E-state index in [9.17, 15) is 14.4 Å². The zero-order valence-corrected chi connectivity index (χ0v) is 17.5. The van der Waals surface area contributed by atoms with Crippen molar-refractivity contribution in [2.45, 2.75) is 52.1 Å². The molecule has 1 aliphatic rings. The Morgan fingerprint density at radius 3 is 2.43 bits per heavy atom. The molecule has 0 unspecified atom stereocenters. The van der Waals surface area contributed by atoms with Crippen LogP contribution in [0.3, 0.4) is 0 Å². The monoisotopic (exact) mass is 392 g/mol. The van der Waals surface area contributed by atoms with E-state index in [0.717, 1.165) is 31.5 Å². The van der Waals surface area contributed by atoms with Gasteiger partial charge in [0.05, 0.1) is 19.4 Å². The number of furan rings is 1. The van der Waals surface area contributed by atoms with Crippen LogP contribution in [-0.4, -0.2) is 72.3 Å². The minimum Gasteiger partial charge on any atom is -0.459 e. The van der Waals surface area contributed by atoms with Crippen LogP contribution in [0.5, 0.6) is 0 Å². The number of nitrogens with one attached hydrogen (secondary N) is 2. The summed E-state index contributed by atoms with van der Waals surface area (Å²) in [5, 5.41) is 5.85. The molecule has 3 amide bonds. The maximum Gasteiger partial charge on any atom is 0.287 e. The summed E-state index contributed by atoms with van der Waals surface area (Å²) in [5.74, 6) is -0.0925. The summed E-state index contributed by atoms with van der Waals surface area (Å²) in [4.78, 5) is 40.1. The highest BCUT2D eigenvalue weighted by Gasteiger charge is 2.25. The SMILES string of the molecule is Cc1ccoc1C(=O)NC1CCN(CC(=O)N(C)CC(=O)NC(C)(C)C)CC1. The molecule has 8 heteroatoms. The predicted octanol–water partition coefficient (Wildman–Crippen LogP) is 1.16. The molecule has 1 aromatic rings. The summed E-state index contributed by atoms with van der Waals surface area (Å²) in [6.07, 6.45) is 3.05. The molecule has 2 heterocycles. The van der Waals surface area contributed by atoms with Crippen molar-refractivity contribution in [3.8, 4) is 0 Å². The zero-order valence-electron chi connectivity index (χ0n) is 17.5. The first-order valence-corrected chi connectivity index (χ1v) is 9.67. The van der Waals surface area contributed by atoms with Crippen LogP contribution in [0.4, 0.5) is 0 Å². The fourth-order valence-electron chi connectivity index (χ4n) is 3.17. The Labute approximate surface area is 166 Å². The van der Waals surface area contributed by atoms with Crippen molar-refractivity contribution in [1.29, 1.82) is 0 Å². The maximum atomic E-state index is 12.4. The van der Waals surface area contributed by atoms with Gasteiger partial charge in [-0.3, -0.25) is 19.3 Å². The summed E-state index contributed by atoms with van der Waals surface area (Å²) >= 11 is 0. The minimum absolute atomic E-state index is 0.0467. The number of carbonyl (C=O) groups is 3. The third-order valence-corrected chi connectivity index (χ3v) is 4.67. The molecule has 0 bridgehead atoms. The molecule has 28 heavy (non-hydrogen) atoms. The normalized spacial score (nSPS) is 15.9.